The maximum atomic E-state index is 13.4. The van der Waals surface area contributed by atoms with E-state index < -0.39 is 0 Å². The highest BCUT2D eigenvalue weighted by atomic mass is 32.2. The van der Waals surface area contributed by atoms with Crippen LogP contribution in [0.15, 0.2) is 71.7 Å². The zero-order valence-electron chi connectivity index (χ0n) is 19.2. The molecule has 7 heteroatoms. The van der Waals surface area contributed by atoms with Gasteiger partial charge in [-0.2, -0.15) is 0 Å². The molecule has 0 radical (unpaired) electrons. The van der Waals surface area contributed by atoms with E-state index in [1.54, 1.807) is 6.07 Å². The van der Waals surface area contributed by atoms with E-state index in [2.05, 4.69) is 63.7 Å². The van der Waals surface area contributed by atoms with Crippen molar-refractivity contribution in [3.63, 3.8) is 0 Å². The summed E-state index contributed by atoms with van der Waals surface area (Å²) in [5, 5.41) is 5.98. The lowest BCUT2D eigenvalue weighted by atomic mass is 10.1. The van der Waals surface area contributed by atoms with Crippen LogP contribution < -0.4 is 5.32 Å². The van der Waals surface area contributed by atoms with Crippen LogP contribution in [0.2, 0.25) is 0 Å². The monoisotopic (exact) mass is 500 g/mol. The standard InChI is InChI=1S/C28H25FN4S2/c29-19-7-12-23-24(16-19)34-27(32-23)30-14-13-17-5-8-20(9-6-17)31-28-33(21-10-11-21)26-22-4-2-1-3-18(22)15-25(26)35-28/h1-9,12,16,21,25-26H,10-11,13-15H2,(H,30,32)/t25?,26-/m0/s1. The molecule has 0 amide bonds. The highest BCUT2D eigenvalue weighted by molar-refractivity contribution is 8.14. The van der Waals surface area contributed by atoms with Crippen LogP contribution in [-0.4, -0.2) is 32.9 Å². The average Bonchev–Trinajstić information content (AvgIpc) is 3.38. The Morgan fingerprint density at radius 2 is 1.91 bits per heavy atom. The summed E-state index contributed by atoms with van der Waals surface area (Å²) in [6.45, 7) is 0.782. The van der Waals surface area contributed by atoms with Gasteiger partial charge in [-0.05, 0) is 72.7 Å². The van der Waals surface area contributed by atoms with Crippen molar-refractivity contribution in [1.82, 2.24) is 9.88 Å². The van der Waals surface area contributed by atoms with Crippen molar-refractivity contribution in [1.29, 1.82) is 0 Å². The Kier molecular flexibility index (Phi) is 5.28. The van der Waals surface area contributed by atoms with Crippen LogP contribution in [0.1, 0.15) is 35.6 Å². The number of halogens is 1. The first-order valence-electron chi connectivity index (χ1n) is 12.2. The number of hydrogen-bond acceptors (Lipinski definition) is 5. The minimum Gasteiger partial charge on any atom is -0.361 e. The summed E-state index contributed by atoms with van der Waals surface area (Å²) >= 11 is 3.45. The summed E-state index contributed by atoms with van der Waals surface area (Å²) in [5.74, 6) is -0.222. The summed E-state index contributed by atoms with van der Waals surface area (Å²) in [6.07, 6.45) is 4.59. The quantitative estimate of drug-likeness (QED) is 0.311. The second kappa shape index (κ2) is 8.64. The van der Waals surface area contributed by atoms with Crippen molar-refractivity contribution in [2.45, 2.75) is 43.0 Å². The third-order valence-corrected chi connectivity index (χ3v) is 9.28. The van der Waals surface area contributed by atoms with Gasteiger partial charge in [-0.3, -0.25) is 0 Å². The molecular formula is C28H25FN4S2. The van der Waals surface area contributed by atoms with Gasteiger partial charge >= 0.3 is 0 Å². The van der Waals surface area contributed by atoms with Gasteiger partial charge in [0.15, 0.2) is 10.3 Å². The molecule has 176 valence electrons. The summed E-state index contributed by atoms with van der Waals surface area (Å²) in [5.41, 5.74) is 6.13. The van der Waals surface area contributed by atoms with Crippen LogP contribution in [0.4, 0.5) is 15.2 Å². The van der Waals surface area contributed by atoms with E-state index in [9.17, 15) is 4.39 Å². The molecule has 1 saturated carbocycles. The summed E-state index contributed by atoms with van der Waals surface area (Å²) in [7, 11) is 0. The third kappa shape index (κ3) is 4.10. The molecule has 1 unspecified atom stereocenters. The van der Waals surface area contributed by atoms with Crippen LogP contribution in [0, 0.1) is 5.82 Å². The van der Waals surface area contributed by atoms with E-state index in [4.69, 9.17) is 4.99 Å². The van der Waals surface area contributed by atoms with Crippen LogP contribution >= 0.6 is 23.1 Å². The number of fused-ring (bicyclic) bond motifs is 4. The van der Waals surface area contributed by atoms with Crippen molar-refractivity contribution in [3.05, 3.63) is 89.2 Å². The van der Waals surface area contributed by atoms with Crippen molar-refractivity contribution in [3.8, 4) is 0 Å². The Morgan fingerprint density at radius 3 is 2.77 bits per heavy atom. The Balaban J connectivity index is 1.02. The number of aliphatic imine (C=N–C) groups is 1. The highest BCUT2D eigenvalue weighted by Gasteiger charge is 2.50. The van der Waals surface area contributed by atoms with Gasteiger partial charge in [0.1, 0.15) is 5.82 Å². The smallest absolute Gasteiger partial charge is 0.183 e. The van der Waals surface area contributed by atoms with Gasteiger partial charge in [0.25, 0.3) is 0 Å². The van der Waals surface area contributed by atoms with Crippen molar-refractivity contribution < 1.29 is 4.39 Å². The Morgan fingerprint density at radius 1 is 1.06 bits per heavy atom. The number of thiazole rings is 1. The lowest BCUT2D eigenvalue weighted by Gasteiger charge is -2.26. The second-order valence-corrected chi connectivity index (χ2v) is 11.7. The van der Waals surface area contributed by atoms with Gasteiger partial charge in [0, 0.05) is 17.8 Å². The molecule has 1 N–H and O–H groups in total. The third-order valence-electron chi connectivity index (χ3n) is 7.07. The Labute approximate surface area is 212 Å². The van der Waals surface area contributed by atoms with Crippen LogP contribution in [-0.2, 0) is 12.8 Å². The predicted molar refractivity (Wildman–Crippen MR) is 144 cm³/mol. The molecule has 2 atom stereocenters. The number of anilines is 1. The highest BCUT2D eigenvalue weighted by Crippen LogP contribution is 2.53. The molecule has 1 aliphatic heterocycles. The molecule has 2 aliphatic carbocycles. The van der Waals surface area contributed by atoms with E-state index in [1.165, 1.54) is 58.2 Å². The molecule has 1 saturated heterocycles. The first-order chi connectivity index (χ1) is 17.2. The van der Waals surface area contributed by atoms with Crippen molar-refractivity contribution in [2.75, 3.05) is 11.9 Å². The van der Waals surface area contributed by atoms with Gasteiger partial charge in [0.05, 0.1) is 21.9 Å². The number of nitrogens with zero attached hydrogens (tertiary/aromatic N) is 3. The van der Waals surface area contributed by atoms with Crippen LogP contribution in [0.3, 0.4) is 0 Å². The number of aromatic nitrogens is 1. The molecule has 3 aliphatic rings. The molecule has 7 rings (SSSR count). The molecule has 1 aromatic heterocycles. The zero-order valence-corrected chi connectivity index (χ0v) is 20.8. The second-order valence-electron chi connectivity index (χ2n) is 9.51. The fraction of sp³-hybridized carbons (Fsp3) is 0.286. The van der Waals surface area contributed by atoms with Crippen molar-refractivity contribution in [2.24, 2.45) is 4.99 Å². The van der Waals surface area contributed by atoms with Gasteiger partial charge in [-0.15, -0.1) is 0 Å². The van der Waals surface area contributed by atoms with Gasteiger partial charge < -0.3 is 10.2 Å². The van der Waals surface area contributed by atoms with E-state index >= 15 is 0 Å². The predicted octanol–water partition coefficient (Wildman–Crippen LogP) is 6.95. The summed E-state index contributed by atoms with van der Waals surface area (Å²) in [4.78, 5) is 12.3. The Bertz CT molecular complexity index is 1430. The largest absolute Gasteiger partial charge is 0.361 e. The topological polar surface area (TPSA) is 40.5 Å². The van der Waals surface area contributed by atoms with Gasteiger partial charge in [-0.1, -0.05) is 59.5 Å². The molecule has 0 bridgehead atoms. The average molecular weight is 501 g/mol. The van der Waals surface area contributed by atoms with Crippen molar-refractivity contribution >= 4 is 49.3 Å². The minimum absolute atomic E-state index is 0.222. The number of nitrogens with one attached hydrogen (secondary N) is 1. The summed E-state index contributed by atoms with van der Waals surface area (Å²) < 4.78 is 14.3. The molecular weight excluding hydrogens is 475 g/mol. The van der Waals surface area contributed by atoms with E-state index in [0.717, 1.165) is 40.4 Å². The molecule has 4 aromatic rings. The maximum Gasteiger partial charge on any atom is 0.183 e. The summed E-state index contributed by atoms with van der Waals surface area (Å²) in [6, 6.07) is 23.4. The Hall–Kier alpha value is -2.90. The number of amidine groups is 1. The first-order valence-corrected chi connectivity index (χ1v) is 13.9. The molecule has 2 fully saturated rings. The van der Waals surface area contributed by atoms with E-state index in [0.29, 0.717) is 17.3 Å². The molecule has 35 heavy (non-hydrogen) atoms. The lowest BCUT2D eigenvalue weighted by molar-refractivity contribution is 0.330. The molecule has 4 nitrogen and oxygen atoms in total. The SMILES string of the molecule is Fc1ccc2nc(NCCc3ccc(N=C4SC5Cc6ccccc6[C@@H]5N4C4CC4)cc3)sc2c1. The minimum atomic E-state index is -0.222. The van der Waals surface area contributed by atoms with Crippen LogP contribution in [0.25, 0.3) is 10.2 Å². The zero-order chi connectivity index (χ0) is 23.4. The van der Waals surface area contributed by atoms with Gasteiger partial charge in [0.2, 0.25) is 0 Å². The maximum absolute atomic E-state index is 13.4. The van der Waals surface area contributed by atoms with Crippen LogP contribution in [0.5, 0.6) is 0 Å². The van der Waals surface area contributed by atoms with E-state index in [1.807, 2.05) is 11.8 Å². The van der Waals surface area contributed by atoms with Gasteiger partial charge in [-0.25, -0.2) is 14.4 Å². The molecule has 0 spiro atoms. The number of benzene rings is 3. The van der Waals surface area contributed by atoms with E-state index in [-0.39, 0.29) is 5.82 Å². The number of thioether (sulfide) groups is 1. The first kappa shape index (κ1) is 21.4. The fourth-order valence-corrected chi connectivity index (χ4v) is 7.64. The molecule has 3 aromatic carbocycles. The fourth-order valence-electron chi connectivity index (χ4n) is 5.24. The number of rotatable bonds is 6. The normalized spacial score (nSPS) is 22.1. The number of hydrogen-bond donors (Lipinski definition) is 1. The lowest BCUT2D eigenvalue weighted by Crippen LogP contribution is -2.30. The molecule has 2 heterocycles.